The highest BCUT2D eigenvalue weighted by Crippen LogP contribution is 2.40. The van der Waals surface area contributed by atoms with Crippen molar-refractivity contribution >= 4 is 34.2 Å². The molecule has 146 valence electrons. The lowest BCUT2D eigenvalue weighted by Gasteiger charge is -2.11. The van der Waals surface area contributed by atoms with Crippen LogP contribution >= 0.6 is 0 Å². The van der Waals surface area contributed by atoms with E-state index in [-0.39, 0.29) is 11.9 Å². The van der Waals surface area contributed by atoms with Crippen LogP contribution in [-0.2, 0) is 0 Å². The molecule has 2 aliphatic rings. The zero-order valence-electron chi connectivity index (χ0n) is 15.9. The number of hydrogen-bond donors (Lipinski definition) is 3. The van der Waals surface area contributed by atoms with Gasteiger partial charge in [-0.25, -0.2) is 4.79 Å². The first kappa shape index (κ1) is 17.7. The van der Waals surface area contributed by atoms with E-state index in [2.05, 4.69) is 16.0 Å². The maximum absolute atomic E-state index is 13.0. The standard InChI is InChI=1S/C23H22N4O2/c28-22(19-13-21(14-5-6-14)27-20-4-2-1-3-18(19)20)24-15-7-9-16(10-8-15)25-23(29)26-17-11-12-17/h1-4,7-10,13-14,17H,5-6,11-12H2,(H,24,28)(H2,25,26,29). The third kappa shape index (κ3) is 4.06. The Balaban J connectivity index is 1.33. The van der Waals surface area contributed by atoms with Crippen molar-refractivity contribution in [3.05, 3.63) is 65.9 Å². The number of urea groups is 1. The van der Waals surface area contributed by atoms with Gasteiger partial charge in [0.2, 0.25) is 0 Å². The number of fused-ring (bicyclic) bond motifs is 1. The van der Waals surface area contributed by atoms with Crippen LogP contribution in [0.2, 0.25) is 0 Å². The van der Waals surface area contributed by atoms with Gasteiger partial charge >= 0.3 is 6.03 Å². The number of amides is 3. The summed E-state index contributed by atoms with van der Waals surface area (Å²) in [6, 6.07) is 16.9. The molecule has 2 aliphatic carbocycles. The summed E-state index contributed by atoms with van der Waals surface area (Å²) in [4.78, 5) is 29.5. The molecule has 29 heavy (non-hydrogen) atoms. The number of hydrogen-bond acceptors (Lipinski definition) is 3. The number of carbonyl (C=O) groups excluding carboxylic acids is 2. The highest BCUT2D eigenvalue weighted by Gasteiger charge is 2.27. The largest absolute Gasteiger partial charge is 0.335 e. The normalized spacial score (nSPS) is 15.7. The van der Waals surface area contributed by atoms with Crippen molar-refractivity contribution < 1.29 is 9.59 Å². The molecule has 0 radical (unpaired) electrons. The lowest BCUT2D eigenvalue weighted by atomic mass is 10.1. The van der Waals surface area contributed by atoms with Gasteiger partial charge in [-0.3, -0.25) is 9.78 Å². The number of anilines is 2. The summed E-state index contributed by atoms with van der Waals surface area (Å²) in [5, 5.41) is 9.50. The van der Waals surface area contributed by atoms with Gasteiger partial charge in [-0.15, -0.1) is 0 Å². The van der Waals surface area contributed by atoms with Crippen LogP contribution in [0.15, 0.2) is 54.6 Å². The molecule has 2 saturated carbocycles. The minimum absolute atomic E-state index is 0.155. The fourth-order valence-corrected chi connectivity index (χ4v) is 3.39. The lowest BCUT2D eigenvalue weighted by molar-refractivity contribution is 0.102. The third-order valence-electron chi connectivity index (χ3n) is 5.29. The first-order valence-electron chi connectivity index (χ1n) is 10.0. The highest BCUT2D eigenvalue weighted by atomic mass is 16.2. The fraction of sp³-hybridized carbons (Fsp3) is 0.261. The lowest BCUT2D eigenvalue weighted by Crippen LogP contribution is -2.30. The summed E-state index contributed by atoms with van der Waals surface area (Å²) >= 11 is 0. The Labute approximate surface area is 168 Å². The molecule has 3 N–H and O–H groups in total. The molecule has 5 rings (SSSR count). The Morgan fingerprint density at radius 1 is 0.862 bits per heavy atom. The van der Waals surface area contributed by atoms with Crippen LogP contribution < -0.4 is 16.0 Å². The number of nitrogens with one attached hydrogen (secondary N) is 3. The van der Waals surface area contributed by atoms with E-state index < -0.39 is 0 Å². The van der Waals surface area contributed by atoms with Crippen molar-refractivity contribution in [2.75, 3.05) is 10.6 Å². The molecule has 1 aromatic heterocycles. The summed E-state index contributed by atoms with van der Waals surface area (Å²) in [5.41, 5.74) is 3.85. The first-order chi connectivity index (χ1) is 14.2. The quantitative estimate of drug-likeness (QED) is 0.597. The van der Waals surface area contributed by atoms with E-state index in [1.165, 1.54) is 0 Å². The van der Waals surface area contributed by atoms with Gasteiger partial charge in [0, 0.05) is 34.4 Å². The van der Waals surface area contributed by atoms with Gasteiger partial charge in [-0.1, -0.05) is 18.2 Å². The van der Waals surface area contributed by atoms with E-state index in [0.717, 1.165) is 42.3 Å². The van der Waals surface area contributed by atoms with E-state index in [1.54, 1.807) is 24.3 Å². The predicted octanol–water partition coefficient (Wildman–Crippen LogP) is 4.65. The Morgan fingerprint density at radius 2 is 1.55 bits per heavy atom. The number of nitrogens with zero attached hydrogens (tertiary/aromatic N) is 1. The predicted molar refractivity (Wildman–Crippen MR) is 113 cm³/mol. The number of rotatable bonds is 5. The van der Waals surface area contributed by atoms with Crippen LogP contribution in [0.1, 0.15) is 47.7 Å². The van der Waals surface area contributed by atoms with Crippen LogP contribution in [0.5, 0.6) is 0 Å². The SMILES string of the molecule is O=C(Nc1ccc(NC(=O)c2cc(C3CC3)nc3ccccc23)cc1)NC1CC1. The van der Waals surface area contributed by atoms with Crippen LogP contribution in [0.3, 0.4) is 0 Å². The molecule has 0 aliphatic heterocycles. The van der Waals surface area contributed by atoms with Gasteiger partial charge in [0.25, 0.3) is 5.91 Å². The van der Waals surface area contributed by atoms with Gasteiger partial charge in [0.05, 0.1) is 11.1 Å². The average Bonchev–Trinajstić information content (AvgIpc) is 3.63. The van der Waals surface area contributed by atoms with Crippen LogP contribution in [-0.4, -0.2) is 23.0 Å². The topological polar surface area (TPSA) is 83.1 Å². The fourth-order valence-electron chi connectivity index (χ4n) is 3.39. The molecule has 0 saturated heterocycles. The second-order valence-electron chi connectivity index (χ2n) is 7.79. The van der Waals surface area contributed by atoms with Crippen molar-refractivity contribution in [3.8, 4) is 0 Å². The molecule has 0 unspecified atom stereocenters. The Hall–Kier alpha value is -3.41. The monoisotopic (exact) mass is 386 g/mol. The number of para-hydroxylation sites is 1. The number of aromatic nitrogens is 1. The van der Waals surface area contributed by atoms with Crippen molar-refractivity contribution in [1.82, 2.24) is 10.3 Å². The molecule has 2 aromatic carbocycles. The molecule has 6 heteroatoms. The summed E-state index contributed by atoms with van der Waals surface area (Å²) in [7, 11) is 0. The van der Waals surface area contributed by atoms with Crippen molar-refractivity contribution in [2.45, 2.75) is 37.6 Å². The van der Waals surface area contributed by atoms with Gasteiger partial charge in [-0.2, -0.15) is 0 Å². The van der Waals surface area contributed by atoms with Gasteiger partial charge in [0.1, 0.15) is 0 Å². The van der Waals surface area contributed by atoms with Gasteiger partial charge < -0.3 is 16.0 Å². The Kier molecular flexibility index (Phi) is 4.39. The summed E-state index contributed by atoms with van der Waals surface area (Å²) in [6.45, 7) is 0. The molecule has 0 bridgehead atoms. The van der Waals surface area contributed by atoms with E-state index in [0.29, 0.717) is 28.9 Å². The summed E-state index contributed by atoms with van der Waals surface area (Å²) in [6.07, 6.45) is 4.36. The molecule has 6 nitrogen and oxygen atoms in total. The van der Waals surface area contributed by atoms with E-state index in [9.17, 15) is 9.59 Å². The van der Waals surface area contributed by atoms with Crippen molar-refractivity contribution in [1.29, 1.82) is 0 Å². The number of benzene rings is 2. The molecule has 2 fully saturated rings. The van der Waals surface area contributed by atoms with E-state index in [4.69, 9.17) is 4.98 Å². The van der Waals surface area contributed by atoms with Crippen molar-refractivity contribution in [3.63, 3.8) is 0 Å². The molecular weight excluding hydrogens is 364 g/mol. The summed E-state index contributed by atoms with van der Waals surface area (Å²) < 4.78 is 0. The minimum atomic E-state index is -0.194. The maximum atomic E-state index is 13.0. The van der Waals surface area contributed by atoms with Crippen LogP contribution in [0, 0.1) is 0 Å². The van der Waals surface area contributed by atoms with Gasteiger partial charge in [0.15, 0.2) is 0 Å². The minimum Gasteiger partial charge on any atom is -0.335 e. The number of pyridine rings is 1. The van der Waals surface area contributed by atoms with Crippen LogP contribution in [0.4, 0.5) is 16.2 Å². The third-order valence-corrected chi connectivity index (χ3v) is 5.29. The Bertz CT molecular complexity index is 1090. The summed E-state index contributed by atoms with van der Waals surface area (Å²) in [5.74, 6) is 0.316. The molecule has 0 spiro atoms. The zero-order valence-corrected chi connectivity index (χ0v) is 15.9. The molecule has 3 aromatic rings. The maximum Gasteiger partial charge on any atom is 0.319 e. The zero-order chi connectivity index (χ0) is 19.8. The van der Waals surface area contributed by atoms with Crippen molar-refractivity contribution in [2.24, 2.45) is 0 Å². The highest BCUT2D eigenvalue weighted by molar-refractivity contribution is 6.12. The van der Waals surface area contributed by atoms with Gasteiger partial charge in [-0.05, 0) is 62.1 Å². The van der Waals surface area contributed by atoms with E-state index in [1.807, 2.05) is 30.3 Å². The molecular formula is C23H22N4O2. The Morgan fingerprint density at radius 3 is 2.24 bits per heavy atom. The van der Waals surface area contributed by atoms with E-state index >= 15 is 0 Å². The average molecular weight is 386 g/mol. The smallest absolute Gasteiger partial charge is 0.319 e. The first-order valence-corrected chi connectivity index (χ1v) is 10.0. The number of carbonyl (C=O) groups is 2. The second-order valence-corrected chi connectivity index (χ2v) is 7.79. The molecule has 1 heterocycles. The van der Waals surface area contributed by atoms with Crippen LogP contribution in [0.25, 0.3) is 10.9 Å². The second kappa shape index (κ2) is 7.20. The molecule has 0 atom stereocenters. The molecule has 3 amide bonds.